The summed E-state index contributed by atoms with van der Waals surface area (Å²) in [7, 11) is -26.9. The van der Waals surface area contributed by atoms with E-state index in [0.29, 0.717) is 0 Å². The Bertz CT molecular complexity index is 862. The summed E-state index contributed by atoms with van der Waals surface area (Å²) in [4.78, 5) is 0. The SMILES string of the molecule is O=S(=O)([N-]S(=O)(=O)C(F)(F)F)C(F)(F)F.O=S(=O)([N-]S(=O)(=O)C(F)(F)F)C(F)(F)F.[Mg+2]. The van der Waals surface area contributed by atoms with E-state index in [1.54, 1.807) is 0 Å². The van der Waals surface area contributed by atoms with Crippen molar-refractivity contribution in [1.29, 1.82) is 0 Å². The van der Waals surface area contributed by atoms with Crippen LogP contribution < -0.4 is 0 Å². The van der Waals surface area contributed by atoms with Gasteiger partial charge in [-0.25, -0.2) is 33.7 Å². The largest absolute Gasteiger partial charge is 2.00 e. The molecule has 10 nitrogen and oxygen atoms in total. The molecule has 0 atom stereocenters. The summed E-state index contributed by atoms with van der Waals surface area (Å²) in [6, 6.07) is 0. The van der Waals surface area contributed by atoms with Gasteiger partial charge in [0.2, 0.25) is 0 Å². The van der Waals surface area contributed by atoms with Gasteiger partial charge in [0.25, 0.3) is 0 Å². The summed E-state index contributed by atoms with van der Waals surface area (Å²) in [6.07, 6.45) is 0. The first-order valence-electron chi connectivity index (χ1n) is 5.15. The van der Waals surface area contributed by atoms with Crippen LogP contribution in [0.2, 0.25) is 0 Å². The predicted octanol–water partition coefficient (Wildman–Crippen LogP) is 1.74. The molecule has 0 heterocycles. The molecule has 0 unspecified atom stereocenters. The first-order valence-corrected chi connectivity index (χ1v) is 10.9. The molecule has 0 radical (unpaired) electrons. The van der Waals surface area contributed by atoms with Gasteiger partial charge >= 0.3 is 45.1 Å². The summed E-state index contributed by atoms with van der Waals surface area (Å²) < 4.78 is 218. The van der Waals surface area contributed by atoms with Gasteiger partial charge in [0, 0.05) is 0 Å². The first-order chi connectivity index (χ1) is 12.4. The number of rotatable bonds is 4. The van der Waals surface area contributed by atoms with E-state index in [-0.39, 0.29) is 23.1 Å². The smallest absolute Gasteiger partial charge is 0.421 e. The molecule has 0 aromatic carbocycles. The summed E-state index contributed by atoms with van der Waals surface area (Å²) in [5.41, 5.74) is -24.8. The molecule has 0 aromatic rings. The number of hydrogen-bond acceptors (Lipinski definition) is 8. The maximum atomic E-state index is 11.4. The van der Waals surface area contributed by atoms with Crippen LogP contribution in [0.25, 0.3) is 8.25 Å². The molecule has 27 heteroatoms. The average molecular weight is 585 g/mol. The van der Waals surface area contributed by atoms with E-state index in [2.05, 4.69) is 0 Å². The number of sulfonamides is 4. The van der Waals surface area contributed by atoms with Gasteiger partial charge in [-0.2, -0.15) is 52.7 Å². The quantitative estimate of drug-likeness (QED) is 0.356. The third-order valence-corrected chi connectivity index (χ3v) is 7.04. The van der Waals surface area contributed by atoms with Crippen molar-refractivity contribution in [2.75, 3.05) is 0 Å². The molecule has 31 heavy (non-hydrogen) atoms. The van der Waals surface area contributed by atoms with Crippen molar-refractivity contribution in [1.82, 2.24) is 0 Å². The third-order valence-electron chi connectivity index (χ3n) is 1.56. The van der Waals surface area contributed by atoms with Crippen LogP contribution in [-0.2, 0) is 40.1 Å². The molecule has 0 aliphatic rings. The van der Waals surface area contributed by atoms with Gasteiger partial charge in [0.15, 0.2) is 40.1 Å². The Morgan fingerprint density at radius 1 is 0.355 bits per heavy atom. The van der Waals surface area contributed by atoms with Crippen LogP contribution in [0.5, 0.6) is 0 Å². The molecule has 0 saturated carbocycles. The van der Waals surface area contributed by atoms with Gasteiger partial charge in [-0.15, -0.1) is 0 Å². The molecule has 0 N–H and O–H groups in total. The van der Waals surface area contributed by atoms with E-state index in [4.69, 9.17) is 0 Å². The van der Waals surface area contributed by atoms with Crippen molar-refractivity contribution >= 4 is 63.1 Å². The van der Waals surface area contributed by atoms with E-state index >= 15 is 0 Å². The normalized spacial score (nSPS) is 14.8. The van der Waals surface area contributed by atoms with E-state index in [9.17, 15) is 86.4 Å². The summed E-state index contributed by atoms with van der Waals surface area (Å²) in [6.45, 7) is 0. The number of halogens is 12. The second-order valence-electron chi connectivity index (χ2n) is 3.83. The summed E-state index contributed by atoms with van der Waals surface area (Å²) in [5, 5.41) is 0. The molecule has 184 valence electrons. The Balaban J connectivity index is -0.000000490. The fraction of sp³-hybridized carbons (Fsp3) is 1.00. The third kappa shape index (κ3) is 9.98. The van der Waals surface area contributed by atoms with Crippen molar-refractivity contribution in [3.05, 3.63) is 8.25 Å². The average Bonchev–Trinajstić information content (AvgIpc) is 2.30. The fourth-order valence-corrected chi connectivity index (χ4v) is 3.85. The maximum absolute atomic E-state index is 11.4. The van der Waals surface area contributed by atoms with Crippen LogP contribution in [0.3, 0.4) is 0 Å². The van der Waals surface area contributed by atoms with Gasteiger partial charge in [0.1, 0.15) is 0 Å². The molecule has 0 saturated heterocycles. The molecule has 0 bridgehead atoms. The molecule has 0 aliphatic carbocycles. The molecular weight excluding hydrogens is 585 g/mol. The second-order valence-corrected chi connectivity index (χ2v) is 10.7. The minimum atomic E-state index is -6.72. The van der Waals surface area contributed by atoms with Crippen molar-refractivity contribution in [2.45, 2.75) is 22.0 Å². The molecule has 0 fully saturated rings. The Kier molecular flexibility index (Phi) is 11.2. The van der Waals surface area contributed by atoms with Gasteiger partial charge in [-0.3, -0.25) is 0 Å². The summed E-state index contributed by atoms with van der Waals surface area (Å²) in [5.74, 6) is 0. The second kappa shape index (κ2) is 9.87. The maximum Gasteiger partial charge on any atom is 2.00 e. The predicted molar refractivity (Wildman–Crippen MR) is 72.4 cm³/mol. The van der Waals surface area contributed by atoms with Gasteiger partial charge in [-0.1, -0.05) is 0 Å². The van der Waals surface area contributed by atoms with E-state index in [0.717, 1.165) is 8.25 Å². The Labute approximate surface area is 179 Å². The van der Waals surface area contributed by atoms with Crippen molar-refractivity contribution in [3.63, 3.8) is 0 Å². The molecular formula is C4F12MgN2O8S4. The standard InChI is InChI=1S/2C2F6NO4S2.Mg/c2*3-1(4,5)14(10,11)9-15(12,13)2(6,7)8;/q2*-1;+2. The van der Waals surface area contributed by atoms with Crippen LogP contribution in [0.1, 0.15) is 0 Å². The van der Waals surface area contributed by atoms with Crippen molar-refractivity contribution in [3.8, 4) is 0 Å². The molecule has 0 rings (SSSR count). The Morgan fingerprint density at radius 2 is 0.452 bits per heavy atom. The van der Waals surface area contributed by atoms with Crippen molar-refractivity contribution < 1.29 is 86.4 Å². The number of hydrogen-bond donors (Lipinski definition) is 0. The van der Waals surface area contributed by atoms with Gasteiger partial charge in [-0.05, 0) is 0 Å². The molecule has 0 spiro atoms. The number of nitrogens with zero attached hydrogens (tertiary/aromatic N) is 2. The van der Waals surface area contributed by atoms with Crippen LogP contribution in [-0.4, -0.2) is 78.8 Å². The van der Waals surface area contributed by atoms with Gasteiger partial charge in [0.05, 0.1) is 0 Å². The minimum Gasteiger partial charge on any atom is -0.421 e. The molecule has 0 amide bonds. The Hall–Kier alpha value is -0.354. The zero-order valence-corrected chi connectivity index (χ0v) is 17.7. The summed E-state index contributed by atoms with van der Waals surface area (Å²) >= 11 is 0. The fourth-order valence-electron chi connectivity index (χ4n) is 0.427. The zero-order chi connectivity index (χ0) is 25.4. The van der Waals surface area contributed by atoms with Crippen LogP contribution in [0.15, 0.2) is 0 Å². The van der Waals surface area contributed by atoms with Crippen molar-refractivity contribution in [2.24, 2.45) is 0 Å². The Morgan fingerprint density at radius 3 is 0.516 bits per heavy atom. The topological polar surface area (TPSA) is 165 Å². The zero-order valence-electron chi connectivity index (χ0n) is 13.0. The minimum absolute atomic E-state index is 0. The van der Waals surface area contributed by atoms with E-state index < -0.39 is 62.1 Å². The van der Waals surface area contributed by atoms with Crippen LogP contribution >= 0.6 is 0 Å². The molecule has 0 aliphatic heterocycles. The van der Waals surface area contributed by atoms with E-state index in [1.165, 1.54) is 0 Å². The number of alkyl halides is 12. The van der Waals surface area contributed by atoms with Gasteiger partial charge < -0.3 is 8.25 Å². The molecule has 0 aromatic heterocycles. The van der Waals surface area contributed by atoms with E-state index in [1.807, 2.05) is 0 Å². The van der Waals surface area contributed by atoms with Crippen LogP contribution in [0, 0.1) is 0 Å². The monoisotopic (exact) mass is 584 g/mol. The first kappa shape index (κ1) is 35.2. The van der Waals surface area contributed by atoms with Crippen LogP contribution in [0.4, 0.5) is 52.7 Å².